The molecule has 3 aromatic rings. The van der Waals surface area contributed by atoms with Crippen molar-refractivity contribution in [1.82, 2.24) is 0 Å². The van der Waals surface area contributed by atoms with Gasteiger partial charge in [-0.05, 0) is 36.0 Å². The van der Waals surface area contributed by atoms with E-state index in [1.807, 2.05) is 0 Å². The van der Waals surface area contributed by atoms with E-state index in [4.69, 9.17) is 16.3 Å². The summed E-state index contributed by atoms with van der Waals surface area (Å²) in [6, 6.07) is 14.8. The molecule has 0 aliphatic carbocycles. The molecular formula is C20H15ClN2O5S. The molecule has 29 heavy (non-hydrogen) atoms. The third kappa shape index (κ3) is 4.28. The van der Waals surface area contributed by atoms with Gasteiger partial charge in [-0.3, -0.25) is 14.9 Å². The molecule has 0 radical (unpaired) electrons. The monoisotopic (exact) mass is 430 g/mol. The Morgan fingerprint density at radius 1 is 1.14 bits per heavy atom. The van der Waals surface area contributed by atoms with E-state index < -0.39 is 16.8 Å². The number of thiophene rings is 1. The molecule has 0 bridgehead atoms. The number of hydrogen-bond acceptors (Lipinski definition) is 6. The quantitative estimate of drug-likeness (QED) is 0.320. The lowest BCUT2D eigenvalue weighted by Crippen LogP contribution is -2.15. The van der Waals surface area contributed by atoms with Gasteiger partial charge < -0.3 is 10.1 Å². The van der Waals surface area contributed by atoms with Crippen molar-refractivity contribution in [1.29, 1.82) is 0 Å². The summed E-state index contributed by atoms with van der Waals surface area (Å²) >= 11 is 6.76. The molecule has 1 N–H and O–H groups in total. The van der Waals surface area contributed by atoms with Gasteiger partial charge in [0, 0.05) is 0 Å². The summed E-state index contributed by atoms with van der Waals surface area (Å²) in [4.78, 5) is 36.4. The predicted molar refractivity (Wildman–Crippen MR) is 112 cm³/mol. The fraction of sp³-hybridized carbons (Fsp3) is 0.100. The lowest BCUT2D eigenvalue weighted by Gasteiger charge is -2.09. The molecule has 0 fully saturated rings. The second-order valence-corrected chi connectivity index (χ2v) is 7.17. The number of hydrogen-bond donors (Lipinski definition) is 1. The van der Waals surface area contributed by atoms with Crippen LogP contribution in [0.3, 0.4) is 0 Å². The third-order valence-electron chi connectivity index (χ3n) is 3.94. The van der Waals surface area contributed by atoms with Gasteiger partial charge in [-0.2, -0.15) is 0 Å². The van der Waals surface area contributed by atoms with Crippen LogP contribution in [0, 0.1) is 10.1 Å². The lowest BCUT2D eigenvalue weighted by molar-refractivity contribution is -0.379. The standard InChI is InChI=1S/C20H15ClN2O5S/c1-2-28-20(25)16-15(12-8-4-3-5-9-12)19(23(26)27)29-18(16)22-17(24)13-10-6-7-11-14(13)21/h3-11H,2H2,1H3,(H,22,24). The molecule has 0 unspecified atom stereocenters. The van der Waals surface area contributed by atoms with Crippen LogP contribution in [-0.2, 0) is 4.74 Å². The first-order valence-corrected chi connectivity index (χ1v) is 9.73. The molecular weight excluding hydrogens is 416 g/mol. The van der Waals surface area contributed by atoms with Gasteiger partial charge in [0.25, 0.3) is 5.91 Å². The highest BCUT2D eigenvalue weighted by molar-refractivity contribution is 7.20. The SMILES string of the molecule is CCOC(=O)c1c(NC(=O)c2ccccc2Cl)sc([N+](=O)[O-])c1-c1ccccc1. The minimum atomic E-state index is -0.759. The van der Waals surface area contributed by atoms with E-state index in [-0.39, 0.29) is 38.3 Å². The molecule has 1 heterocycles. The summed E-state index contributed by atoms with van der Waals surface area (Å²) < 4.78 is 5.10. The molecule has 0 aliphatic heterocycles. The van der Waals surface area contributed by atoms with Crippen molar-refractivity contribution < 1.29 is 19.2 Å². The molecule has 9 heteroatoms. The van der Waals surface area contributed by atoms with Gasteiger partial charge in [-0.15, -0.1) is 0 Å². The number of amides is 1. The Bertz CT molecular complexity index is 1080. The minimum absolute atomic E-state index is 0.0268. The fourth-order valence-electron chi connectivity index (χ4n) is 2.72. The number of carbonyl (C=O) groups excluding carboxylic acids is 2. The second kappa shape index (κ2) is 8.85. The van der Waals surface area contributed by atoms with Crippen molar-refractivity contribution in [3.8, 4) is 11.1 Å². The Morgan fingerprint density at radius 3 is 2.41 bits per heavy atom. The number of halogens is 1. The smallest absolute Gasteiger partial charge is 0.342 e. The Labute approximate surface area is 175 Å². The van der Waals surface area contributed by atoms with Crippen LogP contribution in [0.15, 0.2) is 54.6 Å². The molecule has 148 valence electrons. The number of nitro groups is 1. The molecule has 1 aromatic heterocycles. The van der Waals surface area contributed by atoms with Crippen LogP contribution in [0.5, 0.6) is 0 Å². The van der Waals surface area contributed by atoms with E-state index in [9.17, 15) is 19.7 Å². The summed E-state index contributed by atoms with van der Waals surface area (Å²) in [6.07, 6.45) is 0. The number of benzene rings is 2. The molecule has 0 aliphatic rings. The van der Waals surface area contributed by atoms with E-state index in [1.54, 1.807) is 55.5 Å². The number of rotatable bonds is 6. The molecule has 0 saturated heterocycles. The zero-order chi connectivity index (χ0) is 21.0. The number of nitrogens with zero attached hydrogens (tertiary/aromatic N) is 1. The van der Waals surface area contributed by atoms with Crippen LogP contribution < -0.4 is 5.32 Å². The molecule has 7 nitrogen and oxygen atoms in total. The fourth-order valence-corrected chi connectivity index (χ4v) is 3.96. The van der Waals surface area contributed by atoms with E-state index >= 15 is 0 Å². The first-order chi connectivity index (χ1) is 13.9. The highest BCUT2D eigenvalue weighted by Gasteiger charge is 2.33. The van der Waals surface area contributed by atoms with Crippen LogP contribution in [0.4, 0.5) is 10.0 Å². The largest absolute Gasteiger partial charge is 0.462 e. The van der Waals surface area contributed by atoms with Gasteiger partial charge in [-0.1, -0.05) is 54.1 Å². The average Bonchev–Trinajstić information content (AvgIpc) is 3.08. The van der Waals surface area contributed by atoms with E-state index in [0.29, 0.717) is 16.9 Å². The first kappa shape index (κ1) is 20.5. The van der Waals surface area contributed by atoms with Gasteiger partial charge in [0.2, 0.25) is 0 Å². The van der Waals surface area contributed by atoms with Crippen LogP contribution in [0.2, 0.25) is 5.02 Å². The maximum atomic E-state index is 12.7. The van der Waals surface area contributed by atoms with Crippen molar-refractivity contribution >= 4 is 44.8 Å². The van der Waals surface area contributed by atoms with Gasteiger partial charge in [0.15, 0.2) is 0 Å². The third-order valence-corrected chi connectivity index (χ3v) is 5.33. The average molecular weight is 431 g/mol. The zero-order valence-corrected chi connectivity index (χ0v) is 16.8. The van der Waals surface area contributed by atoms with Crippen LogP contribution >= 0.6 is 22.9 Å². The van der Waals surface area contributed by atoms with Crippen LogP contribution in [-0.4, -0.2) is 23.4 Å². The van der Waals surface area contributed by atoms with Gasteiger partial charge in [-0.25, -0.2) is 4.79 Å². The second-order valence-electron chi connectivity index (χ2n) is 5.76. The molecule has 2 aromatic carbocycles. The van der Waals surface area contributed by atoms with Crippen molar-refractivity contribution in [3.05, 3.63) is 80.9 Å². The van der Waals surface area contributed by atoms with E-state index in [0.717, 1.165) is 0 Å². The normalized spacial score (nSPS) is 10.4. The maximum absolute atomic E-state index is 12.7. The molecule has 1 amide bonds. The Kier molecular flexibility index (Phi) is 6.26. The van der Waals surface area contributed by atoms with Crippen LogP contribution in [0.25, 0.3) is 11.1 Å². The summed E-state index contributed by atoms with van der Waals surface area (Å²) in [7, 11) is 0. The number of nitrogens with one attached hydrogen (secondary N) is 1. The number of esters is 1. The number of carbonyl (C=O) groups is 2. The molecule has 0 atom stereocenters. The first-order valence-electron chi connectivity index (χ1n) is 8.53. The Hall–Kier alpha value is -3.23. The van der Waals surface area contributed by atoms with E-state index in [1.165, 1.54) is 6.07 Å². The van der Waals surface area contributed by atoms with Crippen molar-refractivity contribution in [2.24, 2.45) is 0 Å². The zero-order valence-electron chi connectivity index (χ0n) is 15.2. The van der Waals surface area contributed by atoms with Crippen molar-refractivity contribution in [3.63, 3.8) is 0 Å². The topological polar surface area (TPSA) is 98.5 Å². The van der Waals surface area contributed by atoms with Crippen molar-refractivity contribution in [2.75, 3.05) is 11.9 Å². The Morgan fingerprint density at radius 2 is 1.79 bits per heavy atom. The van der Waals surface area contributed by atoms with Crippen LogP contribution in [0.1, 0.15) is 27.6 Å². The number of ether oxygens (including phenoxy) is 1. The summed E-state index contributed by atoms with van der Waals surface area (Å²) in [5, 5.41) is 14.2. The Balaban J connectivity index is 2.16. The van der Waals surface area contributed by atoms with Gasteiger partial charge in [0.05, 0.1) is 27.7 Å². The molecule has 0 saturated carbocycles. The predicted octanol–water partition coefficient (Wildman–Crippen LogP) is 5.41. The van der Waals surface area contributed by atoms with E-state index in [2.05, 4.69) is 5.32 Å². The van der Waals surface area contributed by atoms with Gasteiger partial charge >= 0.3 is 11.0 Å². The molecule has 3 rings (SSSR count). The van der Waals surface area contributed by atoms with Crippen molar-refractivity contribution in [2.45, 2.75) is 6.92 Å². The maximum Gasteiger partial charge on any atom is 0.342 e. The summed E-state index contributed by atoms with van der Waals surface area (Å²) in [6.45, 7) is 1.71. The molecule has 0 spiro atoms. The highest BCUT2D eigenvalue weighted by atomic mass is 35.5. The summed E-state index contributed by atoms with van der Waals surface area (Å²) in [5.41, 5.74) is 0.696. The number of anilines is 1. The highest BCUT2D eigenvalue weighted by Crippen LogP contribution is 2.46. The van der Waals surface area contributed by atoms with Gasteiger partial charge in [0.1, 0.15) is 10.6 Å². The lowest BCUT2D eigenvalue weighted by atomic mass is 10.0. The summed E-state index contributed by atoms with van der Waals surface area (Å²) in [5.74, 6) is -1.35. The minimum Gasteiger partial charge on any atom is -0.462 e.